The summed E-state index contributed by atoms with van der Waals surface area (Å²) >= 11 is 11.8. The summed E-state index contributed by atoms with van der Waals surface area (Å²) in [5.74, 6) is -0.0961. The van der Waals surface area contributed by atoms with Crippen LogP contribution >= 0.6 is 23.2 Å². The average Bonchev–Trinajstić information content (AvgIpc) is 2.94. The van der Waals surface area contributed by atoms with Crippen molar-refractivity contribution in [3.63, 3.8) is 0 Å². The Morgan fingerprint density at radius 3 is 2.71 bits per heavy atom. The van der Waals surface area contributed by atoms with Crippen molar-refractivity contribution < 1.29 is 4.79 Å². The lowest BCUT2D eigenvalue weighted by Crippen LogP contribution is -2.29. The van der Waals surface area contributed by atoms with E-state index in [0.717, 1.165) is 17.8 Å². The van der Waals surface area contributed by atoms with Crippen LogP contribution in [0.15, 0.2) is 12.4 Å². The Hall–Kier alpha value is -1.53. The van der Waals surface area contributed by atoms with E-state index in [1.807, 2.05) is 18.5 Å². The minimum absolute atomic E-state index is 0.0961. The lowest BCUT2D eigenvalue weighted by atomic mass is 10.3. The van der Waals surface area contributed by atoms with E-state index < -0.39 is 0 Å². The van der Waals surface area contributed by atoms with Gasteiger partial charge in [-0.05, 0) is 20.3 Å². The zero-order chi connectivity index (χ0) is 15.4. The first kappa shape index (κ1) is 15.9. The minimum Gasteiger partial charge on any atom is -0.354 e. The molecule has 2 aromatic heterocycles. The smallest absolute Gasteiger partial charge is 0.241 e. The molecule has 0 fully saturated rings. The molecule has 0 unspecified atom stereocenters. The Bertz CT molecular complexity index is 635. The molecule has 0 atom stereocenters. The fraction of sp³-hybridized carbons (Fsp3) is 0.462. The number of nitrogens with zero attached hydrogens (tertiary/aromatic N) is 4. The molecule has 2 heterocycles. The molecule has 8 heteroatoms. The summed E-state index contributed by atoms with van der Waals surface area (Å²) < 4.78 is 3.36. The number of nitrogens with one attached hydrogen (secondary N) is 1. The molecule has 6 nitrogen and oxygen atoms in total. The van der Waals surface area contributed by atoms with Gasteiger partial charge in [0.2, 0.25) is 5.91 Å². The summed E-state index contributed by atoms with van der Waals surface area (Å²) in [7, 11) is 0. The highest BCUT2D eigenvalue weighted by Gasteiger charge is 2.09. The highest BCUT2D eigenvalue weighted by atomic mass is 35.5. The second-order valence-electron chi connectivity index (χ2n) is 4.77. The molecule has 0 aliphatic rings. The van der Waals surface area contributed by atoms with E-state index in [4.69, 9.17) is 23.2 Å². The Balaban J connectivity index is 1.72. The zero-order valence-corrected chi connectivity index (χ0v) is 13.4. The fourth-order valence-corrected chi connectivity index (χ4v) is 2.27. The van der Waals surface area contributed by atoms with Crippen LogP contribution in [0.5, 0.6) is 0 Å². The molecule has 0 radical (unpaired) electrons. The fourth-order valence-electron chi connectivity index (χ4n) is 1.98. The number of aromatic nitrogens is 4. The van der Waals surface area contributed by atoms with Gasteiger partial charge in [0.1, 0.15) is 6.54 Å². The first-order valence-corrected chi connectivity index (χ1v) is 7.37. The summed E-state index contributed by atoms with van der Waals surface area (Å²) in [5, 5.41) is 12.3. The molecular formula is C13H17Cl2N5O. The van der Waals surface area contributed by atoms with Crippen LogP contribution in [0, 0.1) is 13.8 Å². The van der Waals surface area contributed by atoms with Gasteiger partial charge in [0.25, 0.3) is 0 Å². The molecular weight excluding hydrogens is 313 g/mol. The van der Waals surface area contributed by atoms with Crippen molar-refractivity contribution in [2.24, 2.45) is 0 Å². The molecule has 0 aliphatic heterocycles. The van der Waals surface area contributed by atoms with Crippen molar-refractivity contribution in [1.29, 1.82) is 0 Å². The van der Waals surface area contributed by atoms with E-state index in [1.165, 1.54) is 10.9 Å². The number of hydrogen-bond donors (Lipinski definition) is 1. The molecule has 0 bridgehead atoms. The highest BCUT2D eigenvalue weighted by molar-refractivity contribution is 6.31. The van der Waals surface area contributed by atoms with Gasteiger partial charge in [-0.15, -0.1) is 0 Å². The minimum atomic E-state index is -0.0961. The van der Waals surface area contributed by atoms with Crippen molar-refractivity contribution >= 4 is 29.1 Å². The van der Waals surface area contributed by atoms with E-state index in [0.29, 0.717) is 23.1 Å². The van der Waals surface area contributed by atoms with Crippen molar-refractivity contribution in [1.82, 2.24) is 24.9 Å². The zero-order valence-electron chi connectivity index (χ0n) is 11.9. The second kappa shape index (κ2) is 6.95. The highest BCUT2D eigenvalue weighted by Crippen LogP contribution is 2.18. The number of rotatable bonds is 6. The average molecular weight is 330 g/mol. The normalized spacial score (nSPS) is 10.9. The molecule has 114 valence electrons. The Morgan fingerprint density at radius 1 is 1.38 bits per heavy atom. The molecule has 2 rings (SSSR count). The van der Waals surface area contributed by atoms with Crippen molar-refractivity contribution in [2.45, 2.75) is 33.4 Å². The largest absolute Gasteiger partial charge is 0.354 e. The molecule has 1 amide bonds. The van der Waals surface area contributed by atoms with Crippen LogP contribution in [0.2, 0.25) is 10.0 Å². The van der Waals surface area contributed by atoms with Crippen LogP contribution in [0.3, 0.4) is 0 Å². The van der Waals surface area contributed by atoms with Crippen molar-refractivity contribution in [3.8, 4) is 0 Å². The molecule has 0 spiro atoms. The Morgan fingerprint density at radius 2 is 2.14 bits per heavy atom. The maximum Gasteiger partial charge on any atom is 0.241 e. The molecule has 0 saturated carbocycles. The SMILES string of the molecule is Cc1nn(CCCNC(=O)Cn2cc(Cl)cn2)c(C)c1Cl. The van der Waals surface area contributed by atoms with E-state index in [2.05, 4.69) is 15.5 Å². The van der Waals surface area contributed by atoms with Gasteiger partial charge in [-0.1, -0.05) is 23.2 Å². The van der Waals surface area contributed by atoms with Gasteiger partial charge >= 0.3 is 0 Å². The Kier molecular flexibility index (Phi) is 5.25. The van der Waals surface area contributed by atoms with Crippen LogP contribution in [-0.2, 0) is 17.9 Å². The third-order valence-electron chi connectivity index (χ3n) is 3.07. The first-order valence-electron chi connectivity index (χ1n) is 6.61. The predicted octanol–water partition coefficient (Wildman–Crippen LogP) is 2.21. The van der Waals surface area contributed by atoms with E-state index >= 15 is 0 Å². The number of hydrogen-bond acceptors (Lipinski definition) is 3. The van der Waals surface area contributed by atoms with Crippen molar-refractivity contribution in [3.05, 3.63) is 33.8 Å². The van der Waals surface area contributed by atoms with Crippen LogP contribution in [0.4, 0.5) is 0 Å². The molecule has 0 aromatic carbocycles. The number of amides is 1. The van der Waals surface area contributed by atoms with Gasteiger partial charge in [0.15, 0.2) is 0 Å². The van der Waals surface area contributed by atoms with Crippen LogP contribution in [0.25, 0.3) is 0 Å². The molecule has 0 saturated heterocycles. The molecule has 1 N–H and O–H groups in total. The molecule has 21 heavy (non-hydrogen) atoms. The summed E-state index contributed by atoms with van der Waals surface area (Å²) in [6, 6.07) is 0. The summed E-state index contributed by atoms with van der Waals surface area (Å²) in [5.41, 5.74) is 1.78. The standard InChI is InChI=1S/C13H17Cl2N5O/c1-9-13(15)10(2)20(18-9)5-3-4-16-12(21)8-19-7-11(14)6-17-19/h6-7H,3-5,8H2,1-2H3,(H,16,21). The quantitative estimate of drug-likeness (QED) is 0.826. The van der Waals surface area contributed by atoms with Gasteiger partial charge < -0.3 is 5.32 Å². The summed E-state index contributed by atoms with van der Waals surface area (Å²) in [6.45, 7) is 5.26. The number of carbonyl (C=O) groups excluding carboxylic acids is 1. The van der Waals surface area contributed by atoms with Crippen LogP contribution in [-0.4, -0.2) is 32.0 Å². The van der Waals surface area contributed by atoms with Crippen LogP contribution in [0.1, 0.15) is 17.8 Å². The number of carbonyl (C=O) groups is 1. The van der Waals surface area contributed by atoms with Gasteiger partial charge in [-0.3, -0.25) is 14.2 Å². The van der Waals surface area contributed by atoms with E-state index in [-0.39, 0.29) is 12.5 Å². The van der Waals surface area contributed by atoms with E-state index in [9.17, 15) is 4.79 Å². The number of aryl methyl sites for hydroxylation is 2. The van der Waals surface area contributed by atoms with Gasteiger partial charge in [-0.25, -0.2) is 0 Å². The Labute approximate surface area is 133 Å². The van der Waals surface area contributed by atoms with Gasteiger partial charge in [0, 0.05) is 19.3 Å². The van der Waals surface area contributed by atoms with Crippen LogP contribution < -0.4 is 5.32 Å². The van der Waals surface area contributed by atoms with Crippen molar-refractivity contribution in [2.75, 3.05) is 6.54 Å². The monoisotopic (exact) mass is 329 g/mol. The topological polar surface area (TPSA) is 64.7 Å². The maximum absolute atomic E-state index is 11.7. The summed E-state index contributed by atoms with van der Waals surface area (Å²) in [4.78, 5) is 11.7. The second-order valence-corrected chi connectivity index (χ2v) is 5.58. The number of halogens is 2. The van der Waals surface area contributed by atoms with E-state index in [1.54, 1.807) is 6.20 Å². The summed E-state index contributed by atoms with van der Waals surface area (Å²) in [6.07, 6.45) is 3.89. The molecule has 2 aromatic rings. The van der Waals surface area contributed by atoms with Gasteiger partial charge in [-0.2, -0.15) is 10.2 Å². The predicted molar refractivity (Wildman–Crippen MR) is 81.6 cm³/mol. The lowest BCUT2D eigenvalue weighted by Gasteiger charge is -2.07. The molecule has 0 aliphatic carbocycles. The third-order valence-corrected chi connectivity index (χ3v) is 3.81. The lowest BCUT2D eigenvalue weighted by molar-refractivity contribution is -0.121. The maximum atomic E-state index is 11.7. The van der Waals surface area contributed by atoms with Gasteiger partial charge in [0.05, 0.1) is 27.6 Å². The third kappa shape index (κ3) is 4.22. The first-order chi connectivity index (χ1) is 9.97.